The second kappa shape index (κ2) is 4.43. The van der Waals surface area contributed by atoms with Gasteiger partial charge in [0.15, 0.2) is 0 Å². The third kappa shape index (κ3) is 1.78. The molecule has 0 aliphatic heterocycles. The quantitative estimate of drug-likeness (QED) is 0.758. The van der Waals surface area contributed by atoms with Gasteiger partial charge >= 0.3 is 0 Å². The maximum absolute atomic E-state index is 5.86. The molecule has 1 aromatic carbocycles. The van der Waals surface area contributed by atoms with Crippen molar-refractivity contribution in [1.82, 2.24) is 9.55 Å². The van der Waals surface area contributed by atoms with Crippen LogP contribution in [0, 0.1) is 0 Å². The Morgan fingerprint density at radius 1 is 1.21 bits per heavy atom. The number of nitrogen functional groups attached to an aromatic ring is 1. The van der Waals surface area contributed by atoms with E-state index in [1.165, 1.54) is 22.2 Å². The molecule has 0 bridgehead atoms. The number of anilines is 1. The highest BCUT2D eigenvalue weighted by Gasteiger charge is 2.15. The topological polar surface area (TPSA) is 43.8 Å². The van der Waals surface area contributed by atoms with Crippen molar-refractivity contribution in [3.63, 3.8) is 0 Å². The number of aryl methyl sites for hydroxylation is 2. The largest absolute Gasteiger partial charge is 0.397 e. The molecule has 0 spiro atoms. The minimum absolute atomic E-state index is 0.699. The molecule has 2 N–H and O–H groups in total. The minimum atomic E-state index is 0.699. The molecule has 3 nitrogen and oxygen atoms in total. The summed E-state index contributed by atoms with van der Waals surface area (Å²) in [6.07, 6.45) is 4.55. The number of benzene rings is 1. The SMILES string of the molecule is CCc1c(-c2cncc(N)c2)n(C)c2ccccc12. The highest BCUT2D eigenvalue weighted by molar-refractivity contribution is 5.91. The summed E-state index contributed by atoms with van der Waals surface area (Å²) >= 11 is 0. The second-order valence-electron chi connectivity index (χ2n) is 4.76. The van der Waals surface area contributed by atoms with Crippen LogP contribution in [0.3, 0.4) is 0 Å². The molecule has 2 aromatic heterocycles. The molecule has 0 saturated carbocycles. The van der Waals surface area contributed by atoms with E-state index < -0.39 is 0 Å². The van der Waals surface area contributed by atoms with Crippen LogP contribution in [0.5, 0.6) is 0 Å². The number of aromatic nitrogens is 2. The summed E-state index contributed by atoms with van der Waals surface area (Å²) in [6, 6.07) is 10.5. The van der Waals surface area contributed by atoms with Gasteiger partial charge in [0.1, 0.15) is 0 Å². The maximum Gasteiger partial charge on any atom is 0.0537 e. The van der Waals surface area contributed by atoms with Crippen LogP contribution in [-0.2, 0) is 13.5 Å². The van der Waals surface area contributed by atoms with Crippen molar-refractivity contribution in [2.24, 2.45) is 7.05 Å². The predicted molar refractivity (Wildman–Crippen MR) is 79.9 cm³/mol. The monoisotopic (exact) mass is 251 g/mol. The van der Waals surface area contributed by atoms with Crippen LogP contribution in [0.1, 0.15) is 12.5 Å². The molecule has 96 valence electrons. The third-order valence-corrected chi connectivity index (χ3v) is 3.60. The Morgan fingerprint density at radius 3 is 2.74 bits per heavy atom. The molecule has 0 saturated heterocycles. The molecule has 0 unspecified atom stereocenters. The Labute approximate surface area is 112 Å². The van der Waals surface area contributed by atoms with Crippen LogP contribution in [0.4, 0.5) is 5.69 Å². The molecule has 0 fully saturated rings. The van der Waals surface area contributed by atoms with E-state index in [2.05, 4.69) is 47.8 Å². The first-order valence-electron chi connectivity index (χ1n) is 6.49. The molecule has 3 heteroatoms. The van der Waals surface area contributed by atoms with Crippen LogP contribution < -0.4 is 5.73 Å². The van der Waals surface area contributed by atoms with Crippen LogP contribution in [0.15, 0.2) is 42.7 Å². The van der Waals surface area contributed by atoms with E-state index in [0.29, 0.717) is 5.69 Å². The van der Waals surface area contributed by atoms with E-state index in [0.717, 1.165) is 12.0 Å². The lowest BCUT2D eigenvalue weighted by atomic mass is 10.0. The Balaban J connectivity index is 2.37. The summed E-state index contributed by atoms with van der Waals surface area (Å²) in [4.78, 5) is 4.21. The zero-order chi connectivity index (χ0) is 13.4. The summed E-state index contributed by atoms with van der Waals surface area (Å²) < 4.78 is 2.23. The van der Waals surface area contributed by atoms with E-state index >= 15 is 0 Å². The van der Waals surface area contributed by atoms with Crippen LogP contribution in [-0.4, -0.2) is 9.55 Å². The summed E-state index contributed by atoms with van der Waals surface area (Å²) in [5.41, 5.74) is 11.4. The second-order valence-corrected chi connectivity index (χ2v) is 4.76. The van der Waals surface area contributed by atoms with Gasteiger partial charge in [-0.15, -0.1) is 0 Å². The lowest BCUT2D eigenvalue weighted by molar-refractivity contribution is 0.963. The molecule has 2 heterocycles. The Hall–Kier alpha value is -2.29. The number of nitrogens with zero attached hydrogens (tertiary/aromatic N) is 2. The highest BCUT2D eigenvalue weighted by atomic mass is 15.0. The first-order chi connectivity index (χ1) is 9.22. The van der Waals surface area contributed by atoms with Crippen molar-refractivity contribution >= 4 is 16.6 Å². The predicted octanol–water partition coefficient (Wildman–Crippen LogP) is 3.38. The number of pyridine rings is 1. The number of hydrogen-bond donors (Lipinski definition) is 1. The molecular formula is C16H17N3. The number of rotatable bonds is 2. The average molecular weight is 251 g/mol. The fourth-order valence-corrected chi connectivity index (χ4v) is 2.78. The van der Waals surface area contributed by atoms with Gasteiger partial charge in [-0.2, -0.15) is 0 Å². The van der Waals surface area contributed by atoms with Gasteiger partial charge in [0, 0.05) is 35.9 Å². The number of fused-ring (bicyclic) bond motifs is 1. The Kier molecular flexibility index (Phi) is 2.75. The molecule has 3 aromatic rings. The van der Waals surface area contributed by atoms with E-state index in [9.17, 15) is 0 Å². The van der Waals surface area contributed by atoms with Gasteiger partial charge < -0.3 is 10.3 Å². The molecule has 0 radical (unpaired) electrons. The minimum Gasteiger partial charge on any atom is -0.397 e. The molecule has 0 aliphatic carbocycles. The zero-order valence-electron chi connectivity index (χ0n) is 11.2. The van der Waals surface area contributed by atoms with Crippen molar-refractivity contribution in [3.8, 4) is 11.3 Å². The first-order valence-corrected chi connectivity index (χ1v) is 6.49. The van der Waals surface area contributed by atoms with Crippen molar-refractivity contribution in [2.45, 2.75) is 13.3 Å². The normalized spacial score (nSPS) is 11.1. The van der Waals surface area contributed by atoms with Gasteiger partial charge in [-0.3, -0.25) is 4.98 Å². The summed E-state index contributed by atoms with van der Waals surface area (Å²) in [6.45, 7) is 2.19. The Morgan fingerprint density at radius 2 is 2.00 bits per heavy atom. The van der Waals surface area contributed by atoms with Crippen molar-refractivity contribution in [2.75, 3.05) is 5.73 Å². The average Bonchev–Trinajstić information content (AvgIpc) is 2.72. The molecule has 3 rings (SSSR count). The molecule has 19 heavy (non-hydrogen) atoms. The molecule has 0 amide bonds. The first kappa shape index (κ1) is 11.8. The zero-order valence-corrected chi connectivity index (χ0v) is 11.2. The number of para-hydroxylation sites is 1. The van der Waals surface area contributed by atoms with Gasteiger partial charge in [0.2, 0.25) is 0 Å². The fraction of sp³-hybridized carbons (Fsp3) is 0.188. The lowest BCUT2D eigenvalue weighted by Crippen LogP contribution is -1.95. The summed E-state index contributed by atoms with van der Waals surface area (Å²) in [7, 11) is 2.10. The van der Waals surface area contributed by atoms with E-state index in [1.807, 2.05) is 12.3 Å². The van der Waals surface area contributed by atoms with Crippen molar-refractivity contribution in [3.05, 3.63) is 48.3 Å². The van der Waals surface area contributed by atoms with Crippen molar-refractivity contribution < 1.29 is 0 Å². The van der Waals surface area contributed by atoms with Gasteiger partial charge in [-0.25, -0.2) is 0 Å². The molecule has 0 atom stereocenters. The summed E-state index contributed by atoms with van der Waals surface area (Å²) in [5, 5.41) is 1.31. The standard InChI is InChI=1S/C16H17N3/c1-3-13-14-6-4-5-7-15(14)19(2)16(13)11-8-12(17)10-18-9-11/h4-10H,3,17H2,1-2H3. The van der Waals surface area contributed by atoms with Crippen LogP contribution >= 0.6 is 0 Å². The Bertz CT molecular complexity index is 741. The van der Waals surface area contributed by atoms with Crippen LogP contribution in [0.2, 0.25) is 0 Å². The third-order valence-electron chi connectivity index (χ3n) is 3.60. The molecular weight excluding hydrogens is 234 g/mol. The van der Waals surface area contributed by atoms with Gasteiger partial charge in [-0.05, 0) is 24.1 Å². The number of nitrogens with two attached hydrogens (primary N) is 1. The van der Waals surface area contributed by atoms with E-state index in [-0.39, 0.29) is 0 Å². The van der Waals surface area contributed by atoms with Gasteiger partial charge in [-0.1, -0.05) is 25.1 Å². The fourth-order valence-electron chi connectivity index (χ4n) is 2.78. The summed E-state index contributed by atoms with van der Waals surface area (Å²) in [5.74, 6) is 0. The van der Waals surface area contributed by atoms with Gasteiger partial charge in [0.25, 0.3) is 0 Å². The molecule has 0 aliphatic rings. The number of hydrogen-bond acceptors (Lipinski definition) is 2. The van der Waals surface area contributed by atoms with Gasteiger partial charge in [0.05, 0.1) is 11.4 Å². The highest BCUT2D eigenvalue weighted by Crippen LogP contribution is 2.33. The lowest BCUT2D eigenvalue weighted by Gasteiger charge is -2.07. The maximum atomic E-state index is 5.86. The smallest absolute Gasteiger partial charge is 0.0537 e. The van der Waals surface area contributed by atoms with Crippen LogP contribution in [0.25, 0.3) is 22.2 Å². The van der Waals surface area contributed by atoms with Crippen molar-refractivity contribution in [1.29, 1.82) is 0 Å². The van der Waals surface area contributed by atoms with E-state index in [1.54, 1.807) is 6.20 Å². The van der Waals surface area contributed by atoms with E-state index in [4.69, 9.17) is 5.73 Å².